The first-order valence-electron chi connectivity index (χ1n) is 6.18. The standard InChI is InChI=1S/C13H17N3O2/c1-15-4-6-16(7-5-15)14-9-11-2-3-12-13(8-11)18-10-17-12/h2-3,8-9H,4-7,10H2,1H3/b14-9+. The predicted molar refractivity (Wildman–Crippen MR) is 69.2 cm³/mol. The van der Waals surface area contributed by atoms with Crippen molar-refractivity contribution in [3.63, 3.8) is 0 Å². The fraction of sp³-hybridized carbons (Fsp3) is 0.462. The van der Waals surface area contributed by atoms with E-state index in [0.29, 0.717) is 6.79 Å². The molecule has 2 heterocycles. The Labute approximate surface area is 107 Å². The maximum absolute atomic E-state index is 5.34. The van der Waals surface area contributed by atoms with Crippen LogP contribution >= 0.6 is 0 Å². The molecule has 0 atom stereocenters. The van der Waals surface area contributed by atoms with Crippen molar-refractivity contribution in [3.05, 3.63) is 23.8 Å². The van der Waals surface area contributed by atoms with Gasteiger partial charge in [-0.3, -0.25) is 5.01 Å². The number of hydrogen-bond acceptors (Lipinski definition) is 5. The van der Waals surface area contributed by atoms with Crippen LogP contribution in [0.4, 0.5) is 0 Å². The summed E-state index contributed by atoms with van der Waals surface area (Å²) in [6, 6.07) is 5.88. The summed E-state index contributed by atoms with van der Waals surface area (Å²) in [5.74, 6) is 1.61. The molecule has 0 N–H and O–H groups in total. The van der Waals surface area contributed by atoms with Crippen molar-refractivity contribution in [2.24, 2.45) is 5.10 Å². The van der Waals surface area contributed by atoms with Gasteiger partial charge in [-0.2, -0.15) is 5.10 Å². The third-order valence-electron chi connectivity index (χ3n) is 3.25. The number of benzene rings is 1. The van der Waals surface area contributed by atoms with Gasteiger partial charge in [0.15, 0.2) is 11.5 Å². The van der Waals surface area contributed by atoms with Gasteiger partial charge in [-0.25, -0.2) is 0 Å². The van der Waals surface area contributed by atoms with Crippen LogP contribution in [0.1, 0.15) is 5.56 Å². The lowest BCUT2D eigenvalue weighted by molar-refractivity contribution is 0.159. The summed E-state index contributed by atoms with van der Waals surface area (Å²) < 4.78 is 10.6. The van der Waals surface area contributed by atoms with Gasteiger partial charge < -0.3 is 14.4 Å². The topological polar surface area (TPSA) is 37.3 Å². The molecule has 18 heavy (non-hydrogen) atoms. The zero-order valence-electron chi connectivity index (χ0n) is 10.5. The Balaban J connectivity index is 1.65. The average Bonchev–Trinajstić information content (AvgIpc) is 2.85. The lowest BCUT2D eigenvalue weighted by atomic mass is 10.2. The van der Waals surface area contributed by atoms with E-state index in [9.17, 15) is 0 Å². The van der Waals surface area contributed by atoms with Crippen LogP contribution in [0.5, 0.6) is 11.5 Å². The average molecular weight is 247 g/mol. The van der Waals surface area contributed by atoms with Crippen LogP contribution in [-0.4, -0.2) is 56.1 Å². The number of hydrazone groups is 1. The first-order valence-corrected chi connectivity index (χ1v) is 6.18. The van der Waals surface area contributed by atoms with Crippen LogP contribution in [-0.2, 0) is 0 Å². The molecular weight excluding hydrogens is 230 g/mol. The number of ether oxygens (including phenoxy) is 2. The van der Waals surface area contributed by atoms with Crippen LogP contribution in [0.3, 0.4) is 0 Å². The number of fused-ring (bicyclic) bond motifs is 1. The smallest absolute Gasteiger partial charge is 0.231 e. The van der Waals surface area contributed by atoms with E-state index in [1.807, 2.05) is 24.4 Å². The first kappa shape index (κ1) is 11.3. The SMILES string of the molecule is CN1CCN(/N=C/c2ccc3c(c2)OCO3)CC1. The van der Waals surface area contributed by atoms with Gasteiger partial charge in [0.05, 0.1) is 6.21 Å². The molecule has 0 aliphatic carbocycles. The third kappa shape index (κ3) is 2.41. The second-order valence-corrected chi connectivity index (χ2v) is 4.61. The highest BCUT2D eigenvalue weighted by molar-refractivity contribution is 5.80. The van der Waals surface area contributed by atoms with Crippen molar-refractivity contribution in [2.75, 3.05) is 40.0 Å². The van der Waals surface area contributed by atoms with Gasteiger partial charge in [0.1, 0.15) is 0 Å². The minimum Gasteiger partial charge on any atom is -0.454 e. The molecule has 0 saturated carbocycles. The van der Waals surface area contributed by atoms with E-state index in [-0.39, 0.29) is 0 Å². The number of hydrogen-bond donors (Lipinski definition) is 0. The molecule has 1 aromatic carbocycles. The molecule has 1 fully saturated rings. The lowest BCUT2D eigenvalue weighted by Crippen LogP contribution is -2.41. The predicted octanol–water partition coefficient (Wildman–Crippen LogP) is 0.997. The Hall–Kier alpha value is -1.75. The van der Waals surface area contributed by atoms with Crippen molar-refractivity contribution >= 4 is 6.21 Å². The summed E-state index contributed by atoms with van der Waals surface area (Å²) >= 11 is 0. The summed E-state index contributed by atoms with van der Waals surface area (Å²) in [5, 5.41) is 6.60. The Morgan fingerprint density at radius 3 is 2.72 bits per heavy atom. The highest BCUT2D eigenvalue weighted by Crippen LogP contribution is 2.31. The van der Waals surface area contributed by atoms with Gasteiger partial charge >= 0.3 is 0 Å². The molecule has 2 aliphatic rings. The van der Waals surface area contributed by atoms with E-state index >= 15 is 0 Å². The Morgan fingerprint density at radius 1 is 1.11 bits per heavy atom. The molecule has 0 radical (unpaired) electrons. The lowest BCUT2D eigenvalue weighted by Gasteiger charge is -2.30. The van der Waals surface area contributed by atoms with Gasteiger partial charge in [-0.15, -0.1) is 0 Å². The molecule has 5 heteroatoms. The molecule has 3 rings (SSSR count). The summed E-state index contributed by atoms with van der Waals surface area (Å²) in [6.45, 7) is 4.42. The van der Waals surface area contributed by atoms with Crippen molar-refractivity contribution in [2.45, 2.75) is 0 Å². The maximum atomic E-state index is 5.34. The van der Waals surface area contributed by atoms with E-state index in [4.69, 9.17) is 9.47 Å². The van der Waals surface area contributed by atoms with Gasteiger partial charge in [0, 0.05) is 26.2 Å². The third-order valence-corrected chi connectivity index (χ3v) is 3.25. The Morgan fingerprint density at radius 2 is 1.89 bits per heavy atom. The normalized spacial score (nSPS) is 19.7. The van der Waals surface area contributed by atoms with Crippen LogP contribution in [0.2, 0.25) is 0 Å². The van der Waals surface area contributed by atoms with Crippen LogP contribution < -0.4 is 9.47 Å². The van der Waals surface area contributed by atoms with Crippen molar-refractivity contribution in [1.29, 1.82) is 0 Å². The second kappa shape index (κ2) is 4.86. The van der Waals surface area contributed by atoms with E-state index < -0.39 is 0 Å². The summed E-state index contributed by atoms with van der Waals surface area (Å²) in [7, 11) is 2.14. The molecule has 0 amide bonds. The van der Waals surface area contributed by atoms with Gasteiger partial charge in [-0.05, 0) is 30.8 Å². The zero-order chi connectivity index (χ0) is 12.4. The highest BCUT2D eigenvalue weighted by Gasteiger charge is 2.13. The first-order chi connectivity index (χ1) is 8.81. The molecule has 0 aromatic heterocycles. The summed E-state index contributed by atoms with van der Waals surface area (Å²) in [5.41, 5.74) is 1.04. The zero-order valence-corrected chi connectivity index (χ0v) is 10.5. The van der Waals surface area contributed by atoms with E-state index in [2.05, 4.69) is 22.1 Å². The van der Waals surface area contributed by atoms with Gasteiger partial charge in [0.25, 0.3) is 0 Å². The molecule has 0 unspecified atom stereocenters. The molecule has 5 nitrogen and oxygen atoms in total. The monoisotopic (exact) mass is 247 g/mol. The number of likely N-dealkylation sites (N-methyl/N-ethyl adjacent to an activating group) is 1. The molecular formula is C13H17N3O2. The molecule has 2 aliphatic heterocycles. The maximum Gasteiger partial charge on any atom is 0.231 e. The Bertz CT molecular complexity index is 454. The van der Waals surface area contributed by atoms with Gasteiger partial charge in [0.2, 0.25) is 6.79 Å². The summed E-state index contributed by atoms with van der Waals surface area (Å²) in [4.78, 5) is 2.31. The fourth-order valence-corrected chi connectivity index (χ4v) is 2.05. The van der Waals surface area contributed by atoms with Crippen molar-refractivity contribution < 1.29 is 9.47 Å². The largest absolute Gasteiger partial charge is 0.454 e. The molecule has 96 valence electrons. The van der Waals surface area contributed by atoms with Crippen LogP contribution in [0.15, 0.2) is 23.3 Å². The van der Waals surface area contributed by atoms with E-state index in [1.54, 1.807) is 0 Å². The van der Waals surface area contributed by atoms with Crippen molar-refractivity contribution in [3.8, 4) is 11.5 Å². The molecule has 0 bridgehead atoms. The van der Waals surface area contributed by atoms with Crippen LogP contribution in [0, 0.1) is 0 Å². The quantitative estimate of drug-likeness (QED) is 0.731. The number of piperazine rings is 1. The minimum absolute atomic E-state index is 0.314. The molecule has 1 aromatic rings. The second-order valence-electron chi connectivity index (χ2n) is 4.61. The fourth-order valence-electron chi connectivity index (χ4n) is 2.05. The highest BCUT2D eigenvalue weighted by atomic mass is 16.7. The van der Waals surface area contributed by atoms with Crippen molar-refractivity contribution in [1.82, 2.24) is 9.91 Å². The molecule has 1 saturated heterocycles. The summed E-state index contributed by atoms with van der Waals surface area (Å²) in [6.07, 6.45) is 1.88. The van der Waals surface area contributed by atoms with Crippen LogP contribution in [0.25, 0.3) is 0 Å². The van der Waals surface area contributed by atoms with E-state index in [1.165, 1.54) is 0 Å². The number of rotatable bonds is 2. The number of nitrogens with zero attached hydrogens (tertiary/aromatic N) is 3. The Kier molecular flexibility index (Phi) is 3.06. The minimum atomic E-state index is 0.314. The van der Waals surface area contributed by atoms with E-state index in [0.717, 1.165) is 43.2 Å². The van der Waals surface area contributed by atoms with Gasteiger partial charge in [-0.1, -0.05) is 0 Å². The molecule has 0 spiro atoms.